The fourth-order valence-electron chi connectivity index (χ4n) is 3.83. The van der Waals surface area contributed by atoms with Crippen LogP contribution in [0, 0.1) is 0 Å². The Morgan fingerprint density at radius 2 is 1.83 bits per heavy atom. The molecule has 1 amide bonds. The third-order valence-corrected chi connectivity index (χ3v) is 5.52. The predicted octanol–water partition coefficient (Wildman–Crippen LogP) is 5.58. The number of carbonyl (C=O) groups is 1. The van der Waals surface area contributed by atoms with Crippen molar-refractivity contribution in [2.45, 2.75) is 19.9 Å². The molecule has 0 saturated heterocycles. The van der Waals surface area contributed by atoms with Crippen molar-refractivity contribution >= 4 is 35.3 Å². The Balaban J connectivity index is 1.82. The first-order valence-corrected chi connectivity index (χ1v) is 10.0. The molecule has 0 bridgehead atoms. The van der Waals surface area contributed by atoms with E-state index < -0.39 is 0 Å². The van der Waals surface area contributed by atoms with Gasteiger partial charge in [-0.3, -0.25) is 4.79 Å². The molecule has 0 unspecified atom stereocenters. The van der Waals surface area contributed by atoms with Crippen molar-refractivity contribution in [1.82, 2.24) is 0 Å². The van der Waals surface area contributed by atoms with Crippen LogP contribution >= 0.6 is 11.6 Å². The first-order chi connectivity index (χ1) is 14.1. The molecule has 0 aliphatic carbocycles. The van der Waals surface area contributed by atoms with Crippen LogP contribution in [0.5, 0.6) is 0 Å². The molecule has 1 N–H and O–H groups in total. The van der Waals surface area contributed by atoms with Gasteiger partial charge in [0.25, 0.3) is 0 Å². The van der Waals surface area contributed by atoms with Gasteiger partial charge in [-0.1, -0.05) is 60.2 Å². The van der Waals surface area contributed by atoms with Gasteiger partial charge in [-0.25, -0.2) is 0 Å². The number of rotatable bonds is 3. The number of hydrogen-bond acceptors (Lipinski definition) is 2. The normalized spacial score (nSPS) is 13.8. The molecule has 1 aliphatic rings. The van der Waals surface area contributed by atoms with Crippen LogP contribution in [0.4, 0.5) is 5.69 Å². The SMILES string of the molecule is CC(=O)N1Cc2cc(-c3ccccc3CCO)ccc2/C=C\c2cc(Cl)ccc21. The molecule has 0 spiro atoms. The van der Waals surface area contributed by atoms with Gasteiger partial charge in [-0.2, -0.15) is 0 Å². The third kappa shape index (κ3) is 3.98. The van der Waals surface area contributed by atoms with Gasteiger partial charge in [-0.05, 0) is 64.1 Å². The highest BCUT2D eigenvalue weighted by Crippen LogP contribution is 2.33. The van der Waals surface area contributed by atoms with Gasteiger partial charge < -0.3 is 10.0 Å². The van der Waals surface area contributed by atoms with Crippen LogP contribution in [0.3, 0.4) is 0 Å². The van der Waals surface area contributed by atoms with E-state index in [1.807, 2.05) is 42.5 Å². The number of halogens is 1. The van der Waals surface area contributed by atoms with E-state index in [9.17, 15) is 9.90 Å². The van der Waals surface area contributed by atoms with Gasteiger partial charge in [0, 0.05) is 18.6 Å². The lowest BCUT2D eigenvalue weighted by atomic mass is 9.93. The first-order valence-electron chi connectivity index (χ1n) is 9.64. The van der Waals surface area contributed by atoms with Crippen LogP contribution < -0.4 is 4.90 Å². The zero-order valence-corrected chi connectivity index (χ0v) is 17.0. The highest BCUT2D eigenvalue weighted by atomic mass is 35.5. The average Bonchev–Trinajstić information content (AvgIpc) is 2.70. The van der Waals surface area contributed by atoms with Crippen molar-refractivity contribution in [3.05, 3.63) is 87.9 Å². The van der Waals surface area contributed by atoms with Crippen LogP contribution in [-0.2, 0) is 17.8 Å². The van der Waals surface area contributed by atoms with Gasteiger partial charge in [0.1, 0.15) is 0 Å². The molecule has 3 aromatic carbocycles. The molecule has 0 aromatic heterocycles. The Morgan fingerprint density at radius 1 is 1.03 bits per heavy atom. The number of anilines is 1. The van der Waals surface area contributed by atoms with Crippen LogP contribution in [0.1, 0.15) is 29.2 Å². The molecular weight excluding hydrogens is 382 g/mol. The average molecular weight is 404 g/mol. The van der Waals surface area contributed by atoms with Crippen molar-refractivity contribution in [3.63, 3.8) is 0 Å². The van der Waals surface area contributed by atoms with Crippen molar-refractivity contribution in [2.24, 2.45) is 0 Å². The Kier molecular flexibility index (Phi) is 5.52. The smallest absolute Gasteiger partial charge is 0.224 e. The Hall–Kier alpha value is -2.88. The molecule has 0 radical (unpaired) electrons. The highest BCUT2D eigenvalue weighted by Gasteiger charge is 2.19. The van der Waals surface area contributed by atoms with Crippen molar-refractivity contribution < 1.29 is 9.90 Å². The predicted molar refractivity (Wildman–Crippen MR) is 120 cm³/mol. The molecule has 4 rings (SSSR count). The first kappa shape index (κ1) is 19.4. The maximum absolute atomic E-state index is 12.5. The summed E-state index contributed by atoms with van der Waals surface area (Å²) < 4.78 is 0. The lowest BCUT2D eigenvalue weighted by Gasteiger charge is -2.26. The number of benzene rings is 3. The lowest BCUT2D eigenvalue weighted by Crippen LogP contribution is -2.29. The zero-order valence-electron chi connectivity index (χ0n) is 16.2. The third-order valence-electron chi connectivity index (χ3n) is 5.28. The number of carbonyl (C=O) groups excluding carboxylic acids is 1. The minimum absolute atomic E-state index is 0.0130. The summed E-state index contributed by atoms with van der Waals surface area (Å²) in [5.41, 5.74) is 7.24. The number of nitrogens with zero attached hydrogens (tertiary/aromatic N) is 1. The molecule has 3 nitrogen and oxygen atoms in total. The van der Waals surface area contributed by atoms with Crippen LogP contribution in [0.15, 0.2) is 60.7 Å². The second-order valence-corrected chi connectivity index (χ2v) is 7.62. The summed E-state index contributed by atoms with van der Waals surface area (Å²) in [6.07, 6.45) is 4.70. The van der Waals surface area contributed by atoms with Gasteiger partial charge >= 0.3 is 0 Å². The molecule has 0 atom stereocenters. The van der Waals surface area contributed by atoms with E-state index >= 15 is 0 Å². The number of fused-ring (bicyclic) bond motifs is 2. The minimum Gasteiger partial charge on any atom is -0.396 e. The van der Waals surface area contributed by atoms with Crippen molar-refractivity contribution in [1.29, 1.82) is 0 Å². The van der Waals surface area contributed by atoms with Crippen molar-refractivity contribution in [3.8, 4) is 11.1 Å². The summed E-state index contributed by atoms with van der Waals surface area (Å²) in [6, 6.07) is 20.0. The molecule has 29 heavy (non-hydrogen) atoms. The standard InChI is InChI=1S/C25H22ClNO2/c1-17(29)27-16-22-14-20(24-5-3-2-4-19(24)12-13-28)8-6-18(22)7-9-21-15-23(26)10-11-25(21)27/h2-11,14-15,28H,12-13,16H2,1H3/b9-7-. The fourth-order valence-corrected chi connectivity index (χ4v) is 4.01. The Morgan fingerprint density at radius 3 is 2.62 bits per heavy atom. The molecule has 146 valence electrons. The van der Waals surface area contributed by atoms with E-state index in [0.29, 0.717) is 18.0 Å². The number of aliphatic hydroxyl groups is 1. The topological polar surface area (TPSA) is 40.5 Å². The van der Waals surface area contributed by atoms with E-state index in [0.717, 1.165) is 39.1 Å². The molecule has 1 aliphatic heterocycles. The molecule has 4 heteroatoms. The summed E-state index contributed by atoms with van der Waals surface area (Å²) in [4.78, 5) is 14.2. The largest absolute Gasteiger partial charge is 0.396 e. The summed E-state index contributed by atoms with van der Waals surface area (Å²) in [7, 11) is 0. The molecule has 0 fully saturated rings. The number of amides is 1. The fraction of sp³-hybridized carbons (Fsp3) is 0.160. The summed E-state index contributed by atoms with van der Waals surface area (Å²) in [5.74, 6) is -0.0130. The van der Waals surface area contributed by atoms with Gasteiger partial charge in [0.05, 0.1) is 12.2 Å². The molecule has 3 aromatic rings. The van der Waals surface area contributed by atoms with Gasteiger partial charge in [-0.15, -0.1) is 0 Å². The van der Waals surface area contributed by atoms with E-state index in [2.05, 4.69) is 30.3 Å². The Bertz CT molecular complexity index is 1100. The van der Waals surface area contributed by atoms with Crippen LogP contribution in [0.25, 0.3) is 23.3 Å². The molecule has 1 heterocycles. The summed E-state index contributed by atoms with van der Waals surface area (Å²) in [6.45, 7) is 2.19. The second kappa shape index (κ2) is 8.24. The van der Waals surface area contributed by atoms with E-state index in [-0.39, 0.29) is 12.5 Å². The van der Waals surface area contributed by atoms with Gasteiger partial charge in [0.15, 0.2) is 0 Å². The Labute approximate surface area is 175 Å². The van der Waals surface area contributed by atoms with E-state index in [1.54, 1.807) is 11.8 Å². The zero-order chi connectivity index (χ0) is 20.4. The van der Waals surface area contributed by atoms with E-state index in [4.69, 9.17) is 11.6 Å². The highest BCUT2D eigenvalue weighted by molar-refractivity contribution is 6.30. The maximum Gasteiger partial charge on any atom is 0.224 e. The van der Waals surface area contributed by atoms with Crippen molar-refractivity contribution in [2.75, 3.05) is 11.5 Å². The lowest BCUT2D eigenvalue weighted by molar-refractivity contribution is -0.116. The second-order valence-electron chi connectivity index (χ2n) is 7.19. The van der Waals surface area contributed by atoms with Crippen LogP contribution in [0.2, 0.25) is 5.02 Å². The molecule has 0 saturated carbocycles. The van der Waals surface area contributed by atoms with Crippen LogP contribution in [-0.4, -0.2) is 17.6 Å². The van der Waals surface area contributed by atoms with Gasteiger partial charge in [0.2, 0.25) is 5.91 Å². The number of aliphatic hydroxyl groups excluding tert-OH is 1. The minimum atomic E-state index is -0.0130. The monoisotopic (exact) mass is 403 g/mol. The quantitative estimate of drug-likeness (QED) is 0.620. The van der Waals surface area contributed by atoms with E-state index in [1.165, 1.54) is 0 Å². The number of hydrogen-bond donors (Lipinski definition) is 1. The summed E-state index contributed by atoms with van der Waals surface area (Å²) >= 11 is 6.17. The molecular formula is C25H22ClNO2. The maximum atomic E-state index is 12.5. The summed E-state index contributed by atoms with van der Waals surface area (Å²) in [5, 5.41) is 10.0.